The van der Waals surface area contributed by atoms with E-state index in [1.54, 1.807) is 19.2 Å². The van der Waals surface area contributed by atoms with Crippen LogP contribution in [0.15, 0.2) is 30.3 Å². The average molecular weight is 564 g/mol. The number of carbonyl (C=O) groups is 3. The number of benzene rings is 2. The monoisotopic (exact) mass is 563 g/mol. The molecule has 1 N–H and O–H groups in total. The third kappa shape index (κ3) is 6.99. The van der Waals surface area contributed by atoms with Crippen LogP contribution in [0.5, 0.6) is 11.5 Å². The molecule has 0 bridgehead atoms. The van der Waals surface area contributed by atoms with Gasteiger partial charge >= 0.3 is 5.97 Å². The van der Waals surface area contributed by atoms with Crippen LogP contribution in [0, 0.1) is 23.7 Å². The van der Waals surface area contributed by atoms with Gasteiger partial charge in [0.1, 0.15) is 17.6 Å². The summed E-state index contributed by atoms with van der Waals surface area (Å²) in [5.41, 5.74) is 1.61. The highest BCUT2D eigenvalue weighted by Gasteiger charge is 2.39. The first kappa shape index (κ1) is 31.5. The third-order valence-corrected chi connectivity index (χ3v) is 8.05. The number of hydrogen-bond donors (Lipinski definition) is 1. The number of amides is 2. The molecule has 9 nitrogen and oxygen atoms in total. The predicted octanol–water partition coefficient (Wildman–Crippen LogP) is 5.57. The maximum Gasteiger partial charge on any atom is 0.311 e. The van der Waals surface area contributed by atoms with Gasteiger partial charge in [0, 0.05) is 19.2 Å². The Bertz CT molecular complexity index is 1320. The van der Waals surface area contributed by atoms with Gasteiger partial charge in [-0.2, -0.15) is 5.26 Å². The van der Waals surface area contributed by atoms with Gasteiger partial charge in [0.05, 0.1) is 48.1 Å². The van der Waals surface area contributed by atoms with Crippen LogP contribution in [0.2, 0.25) is 0 Å². The number of aryl methyl sites for hydroxylation is 1. The number of nitrogens with one attached hydrogen (secondary N) is 1. The van der Waals surface area contributed by atoms with Gasteiger partial charge in [0.2, 0.25) is 0 Å². The molecule has 9 heteroatoms. The van der Waals surface area contributed by atoms with E-state index in [-0.39, 0.29) is 46.6 Å². The summed E-state index contributed by atoms with van der Waals surface area (Å²) in [5.74, 6) is -0.408. The number of rotatable bonds is 10. The average Bonchev–Trinajstić information content (AvgIpc) is 2.99. The van der Waals surface area contributed by atoms with E-state index in [4.69, 9.17) is 14.2 Å². The van der Waals surface area contributed by atoms with Crippen molar-refractivity contribution < 1.29 is 28.6 Å². The topological polar surface area (TPSA) is 118 Å². The standard InChI is InChI=1S/C32H41N3O6/c1-8-22(9-2)34-29(36)24-11-10-20(3)16-26(24)35(5)30(37)25-18-27(21(19-33)17-28(25)39-6)41-23-12-14-32(4,15-13-23)31(38)40-7/h10-11,16-18,22-23H,8-9,12-15H2,1-7H3,(H,34,36)/t23-,32+. The van der Waals surface area contributed by atoms with Gasteiger partial charge in [0.25, 0.3) is 11.8 Å². The maximum absolute atomic E-state index is 13.9. The quantitative estimate of drug-likeness (QED) is 0.376. The summed E-state index contributed by atoms with van der Waals surface area (Å²) in [6, 6.07) is 10.6. The molecular weight excluding hydrogens is 522 g/mol. The second kappa shape index (κ2) is 13.5. The summed E-state index contributed by atoms with van der Waals surface area (Å²) >= 11 is 0. The Labute approximate surface area is 242 Å². The lowest BCUT2D eigenvalue weighted by molar-refractivity contribution is -0.154. The second-order valence-corrected chi connectivity index (χ2v) is 10.9. The molecule has 2 amide bonds. The summed E-state index contributed by atoms with van der Waals surface area (Å²) in [7, 11) is 4.43. The van der Waals surface area contributed by atoms with E-state index in [0.29, 0.717) is 36.9 Å². The van der Waals surface area contributed by atoms with Crippen LogP contribution in [-0.4, -0.2) is 51.2 Å². The van der Waals surface area contributed by atoms with E-state index in [1.165, 1.54) is 31.3 Å². The number of nitrogens with zero attached hydrogens (tertiary/aromatic N) is 2. The smallest absolute Gasteiger partial charge is 0.311 e. The van der Waals surface area contributed by atoms with E-state index < -0.39 is 11.3 Å². The number of esters is 1. The zero-order valence-electron chi connectivity index (χ0n) is 25.1. The van der Waals surface area contributed by atoms with Crippen LogP contribution >= 0.6 is 0 Å². The summed E-state index contributed by atoms with van der Waals surface area (Å²) in [4.78, 5) is 40.7. The zero-order chi connectivity index (χ0) is 30.3. The van der Waals surface area contributed by atoms with Crippen molar-refractivity contribution in [2.45, 2.75) is 78.4 Å². The first-order valence-electron chi connectivity index (χ1n) is 14.1. The van der Waals surface area contributed by atoms with E-state index in [9.17, 15) is 19.6 Å². The molecule has 0 aliphatic heterocycles. The van der Waals surface area contributed by atoms with Gasteiger partial charge in [-0.15, -0.1) is 0 Å². The molecule has 0 spiro atoms. The fraction of sp³-hybridized carbons (Fsp3) is 0.500. The first-order chi connectivity index (χ1) is 19.5. The number of methoxy groups -OCH3 is 2. The van der Waals surface area contributed by atoms with Crippen molar-refractivity contribution in [3.8, 4) is 17.6 Å². The molecule has 0 aromatic heterocycles. The van der Waals surface area contributed by atoms with Crippen molar-refractivity contribution in [3.05, 3.63) is 52.6 Å². The zero-order valence-corrected chi connectivity index (χ0v) is 25.1. The molecule has 1 aliphatic rings. The van der Waals surface area contributed by atoms with Crippen LogP contribution in [-0.2, 0) is 9.53 Å². The third-order valence-electron chi connectivity index (χ3n) is 8.05. The molecular formula is C32H41N3O6. The van der Waals surface area contributed by atoms with Crippen molar-refractivity contribution in [3.63, 3.8) is 0 Å². The molecule has 2 aromatic carbocycles. The molecule has 1 fully saturated rings. The Morgan fingerprint density at radius 1 is 1.07 bits per heavy atom. The van der Waals surface area contributed by atoms with Gasteiger partial charge in [-0.3, -0.25) is 14.4 Å². The molecule has 0 saturated heterocycles. The summed E-state index contributed by atoms with van der Waals surface area (Å²) < 4.78 is 16.7. The fourth-order valence-corrected chi connectivity index (χ4v) is 5.21. The molecule has 220 valence electrons. The summed E-state index contributed by atoms with van der Waals surface area (Å²) in [6.45, 7) is 7.82. The van der Waals surface area contributed by atoms with E-state index in [0.717, 1.165) is 18.4 Å². The van der Waals surface area contributed by atoms with Gasteiger partial charge in [-0.05, 0) is 76.1 Å². The van der Waals surface area contributed by atoms with Gasteiger partial charge in [0.15, 0.2) is 0 Å². The molecule has 0 atom stereocenters. The molecule has 41 heavy (non-hydrogen) atoms. The highest BCUT2D eigenvalue weighted by Crippen LogP contribution is 2.39. The minimum Gasteiger partial charge on any atom is -0.496 e. The minimum atomic E-state index is -0.567. The van der Waals surface area contributed by atoms with Crippen molar-refractivity contribution in [1.29, 1.82) is 5.26 Å². The Kier molecular flexibility index (Phi) is 10.4. The van der Waals surface area contributed by atoms with Crippen LogP contribution < -0.4 is 19.7 Å². The fourth-order valence-electron chi connectivity index (χ4n) is 5.21. The molecule has 2 aromatic rings. The second-order valence-electron chi connectivity index (χ2n) is 10.9. The normalized spacial score (nSPS) is 18.3. The maximum atomic E-state index is 13.9. The van der Waals surface area contributed by atoms with Crippen LogP contribution in [0.25, 0.3) is 0 Å². The Morgan fingerprint density at radius 3 is 2.29 bits per heavy atom. The minimum absolute atomic E-state index is 0.0289. The predicted molar refractivity (Wildman–Crippen MR) is 156 cm³/mol. The first-order valence-corrected chi connectivity index (χ1v) is 14.1. The molecule has 0 heterocycles. The number of ether oxygens (including phenoxy) is 3. The van der Waals surface area contributed by atoms with Gasteiger partial charge in [-0.1, -0.05) is 19.9 Å². The van der Waals surface area contributed by atoms with Gasteiger partial charge in [-0.25, -0.2) is 0 Å². The number of carbonyl (C=O) groups excluding carboxylic acids is 3. The van der Waals surface area contributed by atoms with Crippen LogP contribution in [0.1, 0.15) is 91.1 Å². The lowest BCUT2D eigenvalue weighted by Crippen LogP contribution is -2.37. The van der Waals surface area contributed by atoms with Crippen LogP contribution in [0.3, 0.4) is 0 Å². The molecule has 0 radical (unpaired) electrons. The highest BCUT2D eigenvalue weighted by atomic mass is 16.5. The summed E-state index contributed by atoms with van der Waals surface area (Å²) in [5, 5.41) is 12.9. The highest BCUT2D eigenvalue weighted by molar-refractivity contribution is 6.11. The Morgan fingerprint density at radius 2 is 1.73 bits per heavy atom. The SMILES string of the molecule is CCC(CC)NC(=O)c1ccc(C)cc1N(C)C(=O)c1cc(O[C@H]2CC[C@@](C)(C(=O)OC)CC2)c(C#N)cc1OC. The van der Waals surface area contributed by atoms with Gasteiger partial charge < -0.3 is 24.4 Å². The molecule has 1 saturated carbocycles. The number of hydrogen-bond acceptors (Lipinski definition) is 7. The molecule has 3 rings (SSSR count). The number of nitriles is 1. The van der Waals surface area contributed by atoms with Crippen molar-refractivity contribution in [2.75, 3.05) is 26.2 Å². The van der Waals surface area contributed by atoms with Crippen LogP contribution in [0.4, 0.5) is 5.69 Å². The Balaban J connectivity index is 1.93. The van der Waals surface area contributed by atoms with E-state index >= 15 is 0 Å². The lowest BCUT2D eigenvalue weighted by atomic mass is 9.74. The largest absolute Gasteiger partial charge is 0.496 e. The van der Waals surface area contributed by atoms with Crippen molar-refractivity contribution >= 4 is 23.5 Å². The molecule has 0 unspecified atom stereocenters. The lowest BCUT2D eigenvalue weighted by Gasteiger charge is -2.35. The molecule has 1 aliphatic carbocycles. The Hall–Kier alpha value is -4.06. The summed E-state index contributed by atoms with van der Waals surface area (Å²) in [6.07, 6.45) is 3.75. The van der Waals surface area contributed by atoms with E-state index in [2.05, 4.69) is 11.4 Å². The van der Waals surface area contributed by atoms with E-state index in [1.807, 2.05) is 33.8 Å². The van der Waals surface area contributed by atoms with Crippen molar-refractivity contribution in [1.82, 2.24) is 5.32 Å². The van der Waals surface area contributed by atoms with Crippen molar-refractivity contribution in [2.24, 2.45) is 5.41 Å². The number of anilines is 1.